The summed E-state index contributed by atoms with van der Waals surface area (Å²) in [6.45, 7) is 0.495. The summed E-state index contributed by atoms with van der Waals surface area (Å²) in [6.07, 6.45) is 6.04. The van der Waals surface area contributed by atoms with Gasteiger partial charge in [-0.05, 0) is 43.4 Å². The molecule has 2 heterocycles. The molecule has 2 aromatic rings. The average molecular weight is 356 g/mol. The number of aromatic nitrogens is 2. The molecule has 0 bridgehead atoms. The molecule has 2 aliphatic rings. The van der Waals surface area contributed by atoms with Gasteiger partial charge in [0.25, 0.3) is 5.91 Å². The molecule has 6 nitrogen and oxygen atoms in total. The van der Waals surface area contributed by atoms with Gasteiger partial charge in [0, 0.05) is 25.1 Å². The number of amides is 2. The molecule has 4 rings (SSSR count). The first-order chi connectivity index (χ1) is 12.6. The minimum Gasteiger partial charge on any atom is -0.354 e. The van der Waals surface area contributed by atoms with E-state index < -0.39 is 5.82 Å². The number of halogens is 1. The first-order valence-electron chi connectivity index (χ1n) is 9.00. The normalized spacial score (nSPS) is 18.4. The van der Waals surface area contributed by atoms with E-state index in [1.54, 1.807) is 18.3 Å². The second kappa shape index (κ2) is 6.90. The monoisotopic (exact) mass is 356 g/mol. The van der Waals surface area contributed by atoms with E-state index in [9.17, 15) is 14.0 Å². The molecule has 0 radical (unpaired) electrons. The van der Waals surface area contributed by atoms with E-state index in [0.29, 0.717) is 30.3 Å². The molecule has 26 heavy (non-hydrogen) atoms. The van der Waals surface area contributed by atoms with Crippen LogP contribution in [-0.2, 0) is 11.2 Å². The number of hydrogen-bond donors (Lipinski definition) is 2. The molecule has 1 aliphatic carbocycles. The van der Waals surface area contributed by atoms with E-state index in [4.69, 9.17) is 0 Å². The number of benzene rings is 1. The van der Waals surface area contributed by atoms with Crippen LogP contribution in [-0.4, -0.2) is 27.9 Å². The molecular weight excluding hydrogens is 335 g/mol. The Morgan fingerprint density at radius 3 is 2.88 bits per heavy atom. The lowest BCUT2D eigenvalue weighted by Crippen LogP contribution is -2.31. The molecule has 136 valence electrons. The van der Waals surface area contributed by atoms with Crippen LogP contribution in [0.5, 0.6) is 0 Å². The van der Waals surface area contributed by atoms with Gasteiger partial charge in [0.1, 0.15) is 17.3 Å². The van der Waals surface area contributed by atoms with Gasteiger partial charge in [0.05, 0.1) is 12.2 Å². The quantitative estimate of drug-likeness (QED) is 0.835. The molecule has 1 aromatic carbocycles. The highest BCUT2D eigenvalue weighted by molar-refractivity contribution is 6.03. The first kappa shape index (κ1) is 16.8. The fourth-order valence-electron chi connectivity index (χ4n) is 3.43. The van der Waals surface area contributed by atoms with Gasteiger partial charge in [0.15, 0.2) is 0 Å². The molecule has 1 atom stereocenters. The molecule has 1 aromatic heterocycles. The number of imidazole rings is 1. The maximum Gasteiger partial charge on any atom is 0.273 e. The zero-order valence-electron chi connectivity index (χ0n) is 14.4. The van der Waals surface area contributed by atoms with Crippen LogP contribution in [0, 0.1) is 11.7 Å². The van der Waals surface area contributed by atoms with Crippen molar-refractivity contribution < 1.29 is 14.0 Å². The lowest BCUT2D eigenvalue weighted by atomic mass is 10.2. The van der Waals surface area contributed by atoms with Gasteiger partial charge >= 0.3 is 0 Å². The summed E-state index contributed by atoms with van der Waals surface area (Å²) >= 11 is 0. The first-order valence-corrected chi connectivity index (χ1v) is 9.00. The molecule has 1 fully saturated rings. The van der Waals surface area contributed by atoms with Crippen LogP contribution in [0.2, 0.25) is 0 Å². The lowest BCUT2D eigenvalue weighted by Gasteiger charge is -2.17. The topological polar surface area (TPSA) is 76.0 Å². The highest BCUT2D eigenvalue weighted by Crippen LogP contribution is 2.32. The van der Waals surface area contributed by atoms with Crippen LogP contribution in [0.4, 0.5) is 10.1 Å². The largest absolute Gasteiger partial charge is 0.354 e. The zero-order valence-corrected chi connectivity index (χ0v) is 14.4. The zero-order chi connectivity index (χ0) is 18.1. The molecule has 0 saturated heterocycles. The van der Waals surface area contributed by atoms with Crippen LogP contribution in [0.25, 0.3) is 0 Å². The summed E-state index contributed by atoms with van der Waals surface area (Å²) in [5.41, 5.74) is 0.834. The van der Waals surface area contributed by atoms with Crippen molar-refractivity contribution in [1.29, 1.82) is 0 Å². The Labute approximate surface area is 150 Å². The third-order valence-electron chi connectivity index (χ3n) is 4.96. The summed E-state index contributed by atoms with van der Waals surface area (Å²) < 4.78 is 15.2. The Kier molecular flexibility index (Phi) is 4.44. The Morgan fingerprint density at radius 1 is 1.27 bits per heavy atom. The van der Waals surface area contributed by atoms with Gasteiger partial charge in [-0.3, -0.25) is 9.59 Å². The summed E-state index contributed by atoms with van der Waals surface area (Å²) in [5, 5.41) is 5.69. The van der Waals surface area contributed by atoms with Crippen molar-refractivity contribution in [2.45, 2.75) is 38.1 Å². The van der Waals surface area contributed by atoms with E-state index >= 15 is 0 Å². The second-order valence-corrected chi connectivity index (χ2v) is 7.04. The Hall–Kier alpha value is -2.70. The minimum absolute atomic E-state index is 0.0175. The van der Waals surface area contributed by atoms with E-state index in [2.05, 4.69) is 15.6 Å². The van der Waals surface area contributed by atoms with Gasteiger partial charge < -0.3 is 15.2 Å². The summed E-state index contributed by atoms with van der Waals surface area (Å²) in [7, 11) is 0. The molecule has 1 aliphatic heterocycles. The maximum atomic E-state index is 13.3. The Bertz CT molecular complexity index is 844. The maximum absolute atomic E-state index is 13.3. The predicted octanol–water partition coefficient (Wildman–Crippen LogP) is 2.68. The summed E-state index contributed by atoms with van der Waals surface area (Å²) in [5.74, 6) is 0.737. The van der Waals surface area contributed by atoms with Crippen LogP contribution < -0.4 is 10.6 Å². The van der Waals surface area contributed by atoms with Gasteiger partial charge in [-0.2, -0.15) is 0 Å². The minimum atomic E-state index is -0.405. The number of anilines is 1. The van der Waals surface area contributed by atoms with Crippen molar-refractivity contribution in [2.75, 3.05) is 11.9 Å². The van der Waals surface area contributed by atoms with Gasteiger partial charge in [-0.15, -0.1) is 0 Å². The van der Waals surface area contributed by atoms with Crippen molar-refractivity contribution in [1.82, 2.24) is 14.9 Å². The third-order valence-corrected chi connectivity index (χ3v) is 4.96. The number of nitrogens with one attached hydrogen (secondary N) is 2. The van der Waals surface area contributed by atoms with Crippen LogP contribution in [0.3, 0.4) is 0 Å². The van der Waals surface area contributed by atoms with Crippen LogP contribution in [0.15, 0.2) is 30.5 Å². The molecule has 0 unspecified atom stereocenters. The van der Waals surface area contributed by atoms with Crippen molar-refractivity contribution in [3.05, 3.63) is 47.8 Å². The molecule has 2 N–H and O–H groups in total. The van der Waals surface area contributed by atoms with Crippen LogP contribution >= 0.6 is 0 Å². The number of rotatable bonds is 6. The standard InChI is InChI=1S/C19H21FN4O2/c20-13-2-1-3-14(9-13)23-19(26)16-11-21-17-7-6-15(24(16)17)10-22-18(25)8-12-4-5-12/h1-3,9,11-12,15H,4-8,10H2,(H,22,25)(H,23,26)/t15-/m0/s1. The molecular formula is C19H21FN4O2. The van der Waals surface area contributed by atoms with E-state index in [-0.39, 0.29) is 17.9 Å². The highest BCUT2D eigenvalue weighted by Gasteiger charge is 2.29. The summed E-state index contributed by atoms with van der Waals surface area (Å²) in [4.78, 5) is 28.9. The summed E-state index contributed by atoms with van der Waals surface area (Å²) in [6, 6.07) is 5.80. The fraction of sp³-hybridized carbons (Fsp3) is 0.421. The smallest absolute Gasteiger partial charge is 0.273 e. The number of aryl methyl sites for hydroxylation is 1. The Balaban J connectivity index is 1.43. The third kappa shape index (κ3) is 3.61. The molecule has 2 amide bonds. The number of fused-ring (bicyclic) bond motifs is 1. The number of carbonyl (C=O) groups excluding carboxylic acids is 2. The van der Waals surface area contributed by atoms with Gasteiger partial charge in [0.2, 0.25) is 5.91 Å². The number of hydrogen-bond acceptors (Lipinski definition) is 3. The van der Waals surface area contributed by atoms with Crippen LogP contribution in [0.1, 0.15) is 48.0 Å². The second-order valence-electron chi connectivity index (χ2n) is 7.04. The van der Waals surface area contributed by atoms with Crippen molar-refractivity contribution in [3.63, 3.8) is 0 Å². The number of carbonyl (C=O) groups is 2. The predicted molar refractivity (Wildman–Crippen MR) is 94.3 cm³/mol. The van der Waals surface area contributed by atoms with Crippen molar-refractivity contribution in [2.24, 2.45) is 5.92 Å². The van der Waals surface area contributed by atoms with E-state index in [1.807, 2.05) is 4.57 Å². The fourth-order valence-corrected chi connectivity index (χ4v) is 3.43. The molecule has 1 saturated carbocycles. The van der Waals surface area contributed by atoms with E-state index in [0.717, 1.165) is 31.5 Å². The SMILES string of the molecule is O=C(CC1CC1)NC[C@@H]1CCc2ncc(C(=O)Nc3cccc(F)c3)n21. The molecule has 0 spiro atoms. The van der Waals surface area contributed by atoms with Gasteiger partial charge in [-0.25, -0.2) is 9.37 Å². The molecule has 7 heteroatoms. The average Bonchev–Trinajstić information content (AvgIpc) is 3.17. The Morgan fingerprint density at radius 2 is 2.12 bits per heavy atom. The number of nitrogens with zero attached hydrogens (tertiary/aromatic N) is 2. The van der Waals surface area contributed by atoms with Gasteiger partial charge in [-0.1, -0.05) is 6.07 Å². The highest BCUT2D eigenvalue weighted by atomic mass is 19.1. The van der Waals surface area contributed by atoms with E-state index in [1.165, 1.54) is 12.1 Å². The van der Waals surface area contributed by atoms with Crippen molar-refractivity contribution in [3.8, 4) is 0 Å². The lowest BCUT2D eigenvalue weighted by molar-refractivity contribution is -0.121. The van der Waals surface area contributed by atoms with Crippen molar-refractivity contribution >= 4 is 17.5 Å².